The quantitative estimate of drug-likeness (QED) is 0.493. The number of ketones is 1. The van der Waals surface area contributed by atoms with E-state index in [1.54, 1.807) is 39.0 Å². The lowest BCUT2D eigenvalue weighted by atomic mass is 10.1. The number of hydrogen-bond donors (Lipinski definition) is 2. The number of hydrogen-bond acceptors (Lipinski definition) is 5. The summed E-state index contributed by atoms with van der Waals surface area (Å²) in [6.45, 7) is 4.94. The minimum Gasteiger partial charge on any atom is -0.481 e. The Kier molecular flexibility index (Phi) is 4.40. The van der Waals surface area contributed by atoms with Crippen LogP contribution < -0.4 is 10.5 Å². The van der Waals surface area contributed by atoms with Gasteiger partial charge in [0, 0.05) is 11.7 Å². The molecule has 0 aliphatic rings. The second-order valence-corrected chi connectivity index (χ2v) is 5.95. The summed E-state index contributed by atoms with van der Waals surface area (Å²) in [4.78, 5) is 37.6. The van der Waals surface area contributed by atoms with Crippen LogP contribution in [-0.4, -0.2) is 34.9 Å². The highest BCUT2D eigenvalue weighted by atomic mass is 16.6. The molecule has 1 heterocycles. The van der Waals surface area contributed by atoms with E-state index in [-0.39, 0.29) is 12.2 Å². The first kappa shape index (κ1) is 16.5. The Morgan fingerprint density at radius 1 is 1.22 bits per heavy atom. The lowest BCUT2D eigenvalue weighted by Gasteiger charge is -2.19. The maximum atomic E-state index is 11.9. The number of nitrogens with one attached hydrogen (secondary N) is 1. The fraction of sp³-hybridized carbons (Fsp3) is 0.312. The predicted molar refractivity (Wildman–Crippen MR) is 83.2 cm³/mol. The van der Waals surface area contributed by atoms with Crippen LogP contribution in [0.4, 0.5) is 0 Å². The number of carbonyl (C=O) groups excluding carboxylic acids is 3. The van der Waals surface area contributed by atoms with Gasteiger partial charge in [0.25, 0.3) is 11.7 Å². The van der Waals surface area contributed by atoms with Crippen LogP contribution in [0.5, 0.6) is 5.75 Å². The van der Waals surface area contributed by atoms with Crippen molar-refractivity contribution in [2.75, 3.05) is 6.61 Å². The van der Waals surface area contributed by atoms with Crippen molar-refractivity contribution < 1.29 is 23.9 Å². The average molecular weight is 318 g/mol. The smallest absolute Gasteiger partial charge is 0.344 e. The lowest BCUT2D eigenvalue weighted by Crippen LogP contribution is -2.27. The van der Waals surface area contributed by atoms with Crippen molar-refractivity contribution in [2.24, 2.45) is 5.73 Å². The summed E-state index contributed by atoms with van der Waals surface area (Å²) in [5.41, 5.74) is 5.12. The summed E-state index contributed by atoms with van der Waals surface area (Å²) < 4.78 is 10.6. The SMILES string of the molecule is CC(C)(C)OC(=O)COc1cccc2[nH]cc(C(=O)C(N)=O)c12. The van der Waals surface area contributed by atoms with E-state index in [1.807, 2.05) is 0 Å². The highest BCUT2D eigenvalue weighted by Gasteiger charge is 2.21. The predicted octanol–water partition coefficient (Wildman–Crippen LogP) is 1.56. The van der Waals surface area contributed by atoms with E-state index >= 15 is 0 Å². The van der Waals surface area contributed by atoms with Gasteiger partial charge in [0.15, 0.2) is 6.61 Å². The maximum Gasteiger partial charge on any atom is 0.344 e. The Labute approximate surface area is 132 Å². The standard InChI is InChI=1S/C16H18N2O5/c1-16(2,3)23-12(19)8-22-11-6-4-5-10-13(11)9(7-18-10)14(20)15(17)21/h4-7,18H,8H2,1-3H3,(H2,17,21). The number of primary amides is 1. The zero-order chi connectivity index (χ0) is 17.2. The maximum absolute atomic E-state index is 11.9. The van der Waals surface area contributed by atoms with Gasteiger partial charge < -0.3 is 20.2 Å². The lowest BCUT2D eigenvalue weighted by molar-refractivity contribution is -0.157. The van der Waals surface area contributed by atoms with Crippen molar-refractivity contribution in [3.63, 3.8) is 0 Å². The van der Waals surface area contributed by atoms with Gasteiger partial charge in [0.2, 0.25) is 0 Å². The van der Waals surface area contributed by atoms with Gasteiger partial charge in [-0.05, 0) is 32.9 Å². The largest absolute Gasteiger partial charge is 0.481 e. The summed E-state index contributed by atoms with van der Waals surface area (Å²) in [5, 5.41) is 0.403. The number of esters is 1. The minimum absolute atomic E-state index is 0.104. The third-order valence-electron chi connectivity index (χ3n) is 2.90. The highest BCUT2D eigenvalue weighted by Crippen LogP contribution is 2.29. The van der Waals surface area contributed by atoms with E-state index in [9.17, 15) is 14.4 Å². The number of amides is 1. The van der Waals surface area contributed by atoms with Gasteiger partial charge in [-0.1, -0.05) is 6.07 Å². The van der Waals surface area contributed by atoms with Crippen molar-refractivity contribution >= 4 is 28.6 Å². The number of aromatic nitrogens is 1. The number of H-pyrrole nitrogens is 1. The number of nitrogens with two attached hydrogens (primary N) is 1. The molecule has 0 radical (unpaired) electrons. The minimum atomic E-state index is -1.06. The van der Waals surface area contributed by atoms with Gasteiger partial charge >= 0.3 is 5.97 Å². The van der Waals surface area contributed by atoms with E-state index in [0.29, 0.717) is 16.7 Å². The van der Waals surface area contributed by atoms with Gasteiger partial charge in [-0.25, -0.2) is 4.79 Å². The van der Waals surface area contributed by atoms with E-state index in [1.165, 1.54) is 6.20 Å². The molecule has 0 fully saturated rings. The summed E-state index contributed by atoms with van der Waals surface area (Å²) >= 11 is 0. The van der Waals surface area contributed by atoms with Crippen molar-refractivity contribution in [1.29, 1.82) is 0 Å². The van der Waals surface area contributed by atoms with Gasteiger partial charge in [-0.3, -0.25) is 9.59 Å². The number of carbonyl (C=O) groups is 3. The molecule has 1 aromatic carbocycles. The fourth-order valence-electron chi connectivity index (χ4n) is 2.09. The molecular formula is C16H18N2O5. The monoisotopic (exact) mass is 318 g/mol. The van der Waals surface area contributed by atoms with Crippen LogP contribution in [0.25, 0.3) is 10.9 Å². The molecule has 0 bridgehead atoms. The molecular weight excluding hydrogens is 300 g/mol. The first-order valence-electron chi connectivity index (χ1n) is 6.98. The summed E-state index contributed by atoms with van der Waals surface area (Å²) in [7, 11) is 0. The summed E-state index contributed by atoms with van der Waals surface area (Å²) in [6.07, 6.45) is 1.39. The van der Waals surface area contributed by atoms with Crippen LogP contribution in [0.2, 0.25) is 0 Å². The van der Waals surface area contributed by atoms with Gasteiger partial charge in [0.05, 0.1) is 10.9 Å². The number of fused-ring (bicyclic) bond motifs is 1. The molecule has 0 atom stereocenters. The number of aromatic amines is 1. The van der Waals surface area contributed by atoms with E-state index in [2.05, 4.69) is 4.98 Å². The zero-order valence-electron chi connectivity index (χ0n) is 13.1. The van der Waals surface area contributed by atoms with Crippen molar-refractivity contribution in [3.05, 3.63) is 30.0 Å². The number of Topliss-reactive ketones (excluding diaryl/α,β-unsaturated/α-hetero) is 1. The molecule has 1 aromatic heterocycles. The first-order valence-corrected chi connectivity index (χ1v) is 6.98. The second-order valence-electron chi connectivity index (χ2n) is 5.95. The van der Waals surface area contributed by atoms with Crippen LogP contribution in [-0.2, 0) is 14.3 Å². The van der Waals surface area contributed by atoms with E-state index in [0.717, 1.165) is 0 Å². The zero-order valence-corrected chi connectivity index (χ0v) is 13.1. The van der Waals surface area contributed by atoms with Gasteiger partial charge in [-0.2, -0.15) is 0 Å². The fourth-order valence-corrected chi connectivity index (χ4v) is 2.09. The average Bonchev–Trinajstić information content (AvgIpc) is 2.86. The Bertz CT molecular complexity index is 770. The normalized spacial score (nSPS) is 11.3. The topological polar surface area (TPSA) is 111 Å². The molecule has 23 heavy (non-hydrogen) atoms. The molecule has 0 saturated carbocycles. The number of rotatable bonds is 5. The Hall–Kier alpha value is -2.83. The Morgan fingerprint density at radius 2 is 1.91 bits per heavy atom. The first-order chi connectivity index (χ1) is 10.7. The molecule has 7 nitrogen and oxygen atoms in total. The van der Waals surface area contributed by atoms with Crippen LogP contribution in [0.3, 0.4) is 0 Å². The van der Waals surface area contributed by atoms with Crippen LogP contribution in [0.1, 0.15) is 31.1 Å². The van der Waals surface area contributed by atoms with Crippen molar-refractivity contribution in [2.45, 2.75) is 26.4 Å². The number of benzene rings is 1. The molecule has 0 saturated heterocycles. The van der Waals surface area contributed by atoms with Gasteiger partial charge in [0.1, 0.15) is 11.4 Å². The molecule has 2 rings (SSSR count). The Morgan fingerprint density at radius 3 is 2.52 bits per heavy atom. The third-order valence-corrected chi connectivity index (χ3v) is 2.90. The molecule has 122 valence electrons. The van der Waals surface area contributed by atoms with Gasteiger partial charge in [-0.15, -0.1) is 0 Å². The highest BCUT2D eigenvalue weighted by molar-refractivity contribution is 6.44. The molecule has 2 aromatic rings. The van der Waals surface area contributed by atoms with Crippen LogP contribution >= 0.6 is 0 Å². The third kappa shape index (κ3) is 3.88. The van der Waals surface area contributed by atoms with Crippen LogP contribution in [0, 0.1) is 0 Å². The number of ether oxygens (including phenoxy) is 2. The molecule has 0 aliphatic carbocycles. The van der Waals surface area contributed by atoms with E-state index in [4.69, 9.17) is 15.2 Å². The summed E-state index contributed by atoms with van der Waals surface area (Å²) in [5.74, 6) is -2.13. The molecule has 0 spiro atoms. The van der Waals surface area contributed by atoms with E-state index < -0.39 is 23.3 Å². The Balaban J connectivity index is 2.27. The molecule has 0 unspecified atom stereocenters. The molecule has 7 heteroatoms. The molecule has 1 amide bonds. The second kappa shape index (κ2) is 6.12. The van der Waals surface area contributed by atoms with Crippen molar-refractivity contribution in [3.8, 4) is 5.75 Å². The van der Waals surface area contributed by atoms with Crippen molar-refractivity contribution in [1.82, 2.24) is 4.98 Å². The molecule has 3 N–H and O–H groups in total. The molecule has 0 aliphatic heterocycles. The van der Waals surface area contributed by atoms with Crippen LogP contribution in [0.15, 0.2) is 24.4 Å². The summed E-state index contributed by atoms with van der Waals surface area (Å²) in [6, 6.07) is 5.01.